The topological polar surface area (TPSA) is 75.4 Å². The number of nitrogens with zero attached hydrogens (tertiary/aromatic N) is 5. The summed E-state index contributed by atoms with van der Waals surface area (Å²) in [6.45, 7) is 5.44. The van der Waals surface area contributed by atoms with Crippen LogP contribution in [0.15, 0.2) is 61.1 Å². The van der Waals surface area contributed by atoms with Gasteiger partial charge in [0.2, 0.25) is 0 Å². The number of rotatable bonds is 8. The number of hydrogen-bond donors (Lipinski definition) is 1. The van der Waals surface area contributed by atoms with Crippen LogP contribution in [0.5, 0.6) is 11.5 Å². The maximum Gasteiger partial charge on any atom is 0.573 e. The average Bonchev–Trinajstić information content (AvgIpc) is 3.39. The predicted octanol–water partition coefficient (Wildman–Crippen LogP) is 5.05. The first-order valence-corrected chi connectivity index (χ1v) is 13.3. The number of benzene rings is 1. The van der Waals surface area contributed by atoms with E-state index in [-0.39, 0.29) is 18.7 Å². The van der Waals surface area contributed by atoms with Crippen molar-refractivity contribution in [1.82, 2.24) is 19.5 Å². The van der Waals surface area contributed by atoms with Gasteiger partial charge in [0.25, 0.3) is 0 Å². The van der Waals surface area contributed by atoms with Gasteiger partial charge in [-0.25, -0.2) is 13.9 Å². The van der Waals surface area contributed by atoms with E-state index in [4.69, 9.17) is 9.72 Å². The summed E-state index contributed by atoms with van der Waals surface area (Å²) in [6.07, 6.45) is 1.38. The van der Waals surface area contributed by atoms with Gasteiger partial charge in [-0.1, -0.05) is 6.07 Å². The molecule has 0 saturated carbocycles. The van der Waals surface area contributed by atoms with E-state index in [1.165, 1.54) is 6.07 Å². The van der Waals surface area contributed by atoms with E-state index in [9.17, 15) is 22.7 Å². The Morgan fingerprint density at radius 2 is 1.83 bits per heavy atom. The lowest BCUT2D eigenvalue weighted by Crippen LogP contribution is -2.68. The number of pyridine rings is 2. The zero-order valence-corrected chi connectivity index (χ0v) is 22.5. The third kappa shape index (κ3) is 5.94. The van der Waals surface area contributed by atoms with E-state index >= 15 is 0 Å². The number of anilines is 1. The largest absolute Gasteiger partial charge is 0.573 e. The van der Waals surface area contributed by atoms with Crippen molar-refractivity contribution >= 4 is 11.3 Å². The highest BCUT2D eigenvalue weighted by Gasteiger charge is 2.44. The van der Waals surface area contributed by atoms with Gasteiger partial charge in [0, 0.05) is 49.0 Å². The smallest absolute Gasteiger partial charge is 0.489 e. The van der Waals surface area contributed by atoms with E-state index in [2.05, 4.69) is 19.6 Å². The molecule has 0 aliphatic carbocycles. The minimum Gasteiger partial charge on any atom is -0.489 e. The number of hydrogen-bond acceptors (Lipinski definition) is 7. The summed E-state index contributed by atoms with van der Waals surface area (Å²) in [7, 11) is 0. The second-order valence-electron chi connectivity index (χ2n) is 11.2. The zero-order chi connectivity index (χ0) is 28.9. The maximum absolute atomic E-state index is 14.2. The van der Waals surface area contributed by atoms with E-state index in [1.54, 1.807) is 30.8 Å². The first-order valence-electron chi connectivity index (χ1n) is 13.3. The molecule has 216 valence electrons. The minimum atomic E-state index is -4.94. The van der Waals surface area contributed by atoms with Gasteiger partial charge >= 0.3 is 6.36 Å². The molecule has 12 heteroatoms. The number of piperidine rings is 1. The molecule has 3 saturated heterocycles. The lowest BCUT2D eigenvalue weighted by atomic mass is 9.86. The van der Waals surface area contributed by atoms with Gasteiger partial charge in [-0.05, 0) is 62.2 Å². The molecule has 0 amide bonds. The zero-order valence-electron chi connectivity index (χ0n) is 22.5. The number of ether oxygens (including phenoxy) is 2. The highest BCUT2D eigenvalue weighted by atomic mass is 19.4. The molecule has 4 aromatic rings. The Bertz CT molecular complexity index is 1540. The van der Waals surface area contributed by atoms with Crippen molar-refractivity contribution in [2.24, 2.45) is 0 Å². The standard InChI is InChI=1S/C29H29F4N5O3/c1-28(2,39)17-40-22-11-23(25-7-8-35-38(25)16-22)19-4-6-27(34-12-19)36-14-20-10-21(15-36)37(20)13-18-3-5-26(24(30)9-18)41-29(31,32)33/h3-9,11-12,16,20-21,39H,10,13-15,17H2,1-2H3. The predicted molar refractivity (Wildman–Crippen MR) is 143 cm³/mol. The number of aromatic nitrogens is 3. The molecule has 41 heavy (non-hydrogen) atoms. The molecule has 2 atom stereocenters. The summed E-state index contributed by atoms with van der Waals surface area (Å²) in [6, 6.07) is 11.9. The van der Waals surface area contributed by atoms with Crippen LogP contribution in [0.3, 0.4) is 0 Å². The quantitative estimate of drug-likeness (QED) is 0.297. The van der Waals surface area contributed by atoms with E-state index < -0.39 is 23.5 Å². The summed E-state index contributed by atoms with van der Waals surface area (Å²) >= 11 is 0. The molecule has 2 bridgehead atoms. The molecule has 3 aromatic heterocycles. The molecule has 0 radical (unpaired) electrons. The van der Waals surface area contributed by atoms with Gasteiger partial charge in [0.05, 0.1) is 23.5 Å². The molecular formula is C29H29F4N5O3. The van der Waals surface area contributed by atoms with Crippen LogP contribution in [-0.4, -0.2) is 68.3 Å². The molecule has 7 rings (SSSR count). The monoisotopic (exact) mass is 571 g/mol. The Labute approximate surface area is 233 Å². The number of fused-ring (bicyclic) bond motifs is 3. The van der Waals surface area contributed by atoms with Crippen molar-refractivity contribution in [3.63, 3.8) is 0 Å². The molecule has 2 unspecified atom stereocenters. The molecule has 1 aromatic carbocycles. The van der Waals surface area contributed by atoms with E-state index in [1.807, 2.05) is 30.5 Å². The Morgan fingerprint density at radius 3 is 2.49 bits per heavy atom. The lowest BCUT2D eigenvalue weighted by molar-refractivity contribution is -0.275. The Hall–Kier alpha value is -3.90. The highest BCUT2D eigenvalue weighted by Crippen LogP contribution is 2.37. The van der Waals surface area contributed by atoms with Crippen LogP contribution in [0, 0.1) is 5.82 Å². The van der Waals surface area contributed by atoms with Crippen LogP contribution < -0.4 is 14.4 Å². The fourth-order valence-electron chi connectivity index (χ4n) is 5.50. The first kappa shape index (κ1) is 27.3. The van der Waals surface area contributed by atoms with Crippen molar-refractivity contribution in [2.75, 3.05) is 24.6 Å². The maximum atomic E-state index is 14.2. The third-order valence-electron chi connectivity index (χ3n) is 7.39. The summed E-state index contributed by atoms with van der Waals surface area (Å²) in [5.41, 5.74) is 2.33. The van der Waals surface area contributed by atoms with Crippen LogP contribution in [0.25, 0.3) is 16.6 Å². The second kappa shape index (κ2) is 10.2. The summed E-state index contributed by atoms with van der Waals surface area (Å²) in [5, 5.41) is 14.4. The molecule has 8 nitrogen and oxygen atoms in total. The summed E-state index contributed by atoms with van der Waals surface area (Å²) in [4.78, 5) is 9.21. The SMILES string of the molecule is CC(C)(O)COc1cc(-c2ccc(N3CC4CC(C3)N4Cc3ccc(OC(F)(F)F)c(F)c3)nc2)c2ccnn2c1. The lowest BCUT2D eigenvalue weighted by Gasteiger charge is -2.56. The van der Waals surface area contributed by atoms with Crippen LogP contribution in [0.2, 0.25) is 0 Å². The van der Waals surface area contributed by atoms with Gasteiger partial charge in [-0.3, -0.25) is 4.90 Å². The molecule has 3 aliphatic rings. The van der Waals surface area contributed by atoms with Crippen molar-refractivity contribution < 1.29 is 32.1 Å². The van der Waals surface area contributed by atoms with Gasteiger partial charge in [-0.15, -0.1) is 13.2 Å². The number of halogens is 4. The summed E-state index contributed by atoms with van der Waals surface area (Å²) in [5.74, 6) is -0.421. The van der Waals surface area contributed by atoms with E-state index in [0.717, 1.165) is 54.1 Å². The van der Waals surface area contributed by atoms with Crippen LogP contribution in [0.1, 0.15) is 25.8 Å². The summed E-state index contributed by atoms with van der Waals surface area (Å²) < 4.78 is 62.8. The van der Waals surface area contributed by atoms with Gasteiger partial charge in [0.1, 0.15) is 18.2 Å². The molecule has 1 N–H and O–H groups in total. The van der Waals surface area contributed by atoms with Crippen molar-refractivity contribution in [1.29, 1.82) is 0 Å². The molecule has 6 heterocycles. The Balaban J connectivity index is 1.12. The third-order valence-corrected chi connectivity index (χ3v) is 7.39. The van der Waals surface area contributed by atoms with Gasteiger partial charge < -0.3 is 19.5 Å². The fraction of sp³-hybridized carbons (Fsp3) is 0.379. The van der Waals surface area contributed by atoms with Crippen molar-refractivity contribution in [3.8, 4) is 22.6 Å². The molecule has 3 fully saturated rings. The number of piperazine rings is 1. The van der Waals surface area contributed by atoms with Crippen molar-refractivity contribution in [2.45, 2.75) is 50.9 Å². The fourth-order valence-corrected chi connectivity index (χ4v) is 5.50. The molecular weight excluding hydrogens is 542 g/mol. The van der Waals surface area contributed by atoms with Crippen LogP contribution in [0.4, 0.5) is 23.4 Å². The normalized spacial score (nSPS) is 19.3. The Kier molecular flexibility index (Phi) is 6.77. The molecule has 3 aliphatic heterocycles. The number of aliphatic hydroxyl groups is 1. The van der Waals surface area contributed by atoms with E-state index in [0.29, 0.717) is 17.9 Å². The Morgan fingerprint density at radius 1 is 1.05 bits per heavy atom. The van der Waals surface area contributed by atoms with Gasteiger partial charge in [-0.2, -0.15) is 5.10 Å². The molecule has 0 spiro atoms. The van der Waals surface area contributed by atoms with Crippen LogP contribution >= 0.6 is 0 Å². The minimum absolute atomic E-state index is 0.136. The number of alkyl halides is 3. The van der Waals surface area contributed by atoms with Crippen LogP contribution in [-0.2, 0) is 6.54 Å². The average molecular weight is 572 g/mol. The van der Waals surface area contributed by atoms with Crippen molar-refractivity contribution in [3.05, 3.63) is 72.4 Å². The first-order chi connectivity index (χ1) is 19.4. The second-order valence-corrected chi connectivity index (χ2v) is 11.2. The highest BCUT2D eigenvalue weighted by molar-refractivity contribution is 5.81. The van der Waals surface area contributed by atoms with Gasteiger partial charge in [0.15, 0.2) is 11.6 Å².